The first-order valence-electron chi connectivity index (χ1n) is 6.35. The van der Waals surface area contributed by atoms with E-state index in [0.717, 1.165) is 18.1 Å². The van der Waals surface area contributed by atoms with Gasteiger partial charge in [-0.05, 0) is 30.2 Å². The molecule has 0 unspecified atom stereocenters. The van der Waals surface area contributed by atoms with Crippen LogP contribution in [0.25, 0.3) is 11.3 Å². The highest BCUT2D eigenvalue weighted by atomic mass is 35.5. The van der Waals surface area contributed by atoms with Gasteiger partial charge < -0.3 is 10.5 Å². The van der Waals surface area contributed by atoms with Gasteiger partial charge in [0.25, 0.3) is 0 Å². The molecule has 1 aromatic heterocycles. The van der Waals surface area contributed by atoms with Crippen LogP contribution in [0.2, 0.25) is 0 Å². The molecule has 1 aliphatic rings. The molecule has 0 aliphatic heterocycles. The largest absolute Gasteiger partial charge is 0.494 e. The number of pyridine rings is 1. The van der Waals surface area contributed by atoms with Gasteiger partial charge in [-0.25, -0.2) is 4.39 Å². The minimum absolute atomic E-state index is 0. The number of benzene rings is 1. The van der Waals surface area contributed by atoms with E-state index < -0.39 is 11.6 Å². The molecule has 6 heteroatoms. The SMILES string of the molecule is COc1cc(-c2ccc([C@@H]3C[C@H]3N)cn2)cc(F)c1F.Cl. The van der Waals surface area contributed by atoms with Crippen LogP contribution in [0.15, 0.2) is 30.5 Å². The Morgan fingerprint density at radius 3 is 2.52 bits per heavy atom. The zero-order valence-electron chi connectivity index (χ0n) is 11.3. The van der Waals surface area contributed by atoms with E-state index in [1.807, 2.05) is 6.07 Å². The first-order chi connectivity index (χ1) is 9.60. The van der Waals surface area contributed by atoms with Crippen molar-refractivity contribution < 1.29 is 13.5 Å². The standard InChI is InChI=1S/C15H14F2N2O.ClH/c1-20-14-5-9(4-11(16)15(14)17)13-3-2-8(7-19-13)10-6-12(10)18;/h2-5,7,10,12H,6,18H2,1H3;1H/t10-,12+;/m0./s1. The van der Waals surface area contributed by atoms with Gasteiger partial charge in [-0.1, -0.05) is 6.07 Å². The van der Waals surface area contributed by atoms with Gasteiger partial charge in [0, 0.05) is 23.7 Å². The quantitative estimate of drug-likeness (QED) is 0.946. The molecule has 0 saturated heterocycles. The van der Waals surface area contributed by atoms with Crippen molar-refractivity contribution in [2.45, 2.75) is 18.4 Å². The van der Waals surface area contributed by atoms with Crippen molar-refractivity contribution in [3.05, 3.63) is 47.7 Å². The Morgan fingerprint density at radius 1 is 1.29 bits per heavy atom. The summed E-state index contributed by atoms with van der Waals surface area (Å²) in [5.41, 5.74) is 7.91. The summed E-state index contributed by atoms with van der Waals surface area (Å²) < 4.78 is 31.7. The first-order valence-corrected chi connectivity index (χ1v) is 6.35. The van der Waals surface area contributed by atoms with Gasteiger partial charge in [-0.3, -0.25) is 4.98 Å². The van der Waals surface area contributed by atoms with Gasteiger partial charge >= 0.3 is 0 Å². The van der Waals surface area contributed by atoms with E-state index in [9.17, 15) is 8.78 Å². The molecule has 112 valence electrons. The third-order valence-corrected chi connectivity index (χ3v) is 3.56. The van der Waals surface area contributed by atoms with Gasteiger partial charge in [0.15, 0.2) is 11.6 Å². The zero-order valence-corrected chi connectivity index (χ0v) is 12.2. The van der Waals surface area contributed by atoms with Crippen molar-refractivity contribution in [2.24, 2.45) is 5.73 Å². The van der Waals surface area contributed by atoms with E-state index in [2.05, 4.69) is 4.98 Å². The number of hydrogen-bond donors (Lipinski definition) is 1. The lowest BCUT2D eigenvalue weighted by atomic mass is 10.1. The van der Waals surface area contributed by atoms with E-state index in [1.165, 1.54) is 13.2 Å². The van der Waals surface area contributed by atoms with Gasteiger partial charge in [-0.15, -0.1) is 12.4 Å². The highest BCUT2D eigenvalue weighted by Crippen LogP contribution is 2.39. The van der Waals surface area contributed by atoms with Crippen molar-refractivity contribution >= 4 is 12.4 Å². The van der Waals surface area contributed by atoms with Crippen LogP contribution in [0, 0.1) is 11.6 Å². The van der Waals surface area contributed by atoms with E-state index in [4.69, 9.17) is 10.5 Å². The second-order valence-electron chi connectivity index (χ2n) is 4.96. The van der Waals surface area contributed by atoms with Gasteiger partial charge in [0.2, 0.25) is 5.82 Å². The molecule has 3 rings (SSSR count). The average molecular weight is 313 g/mol. The summed E-state index contributed by atoms with van der Waals surface area (Å²) in [6.45, 7) is 0. The summed E-state index contributed by atoms with van der Waals surface area (Å²) in [5, 5.41) is 0. The van der Waals surface area contributed by atoms with Crippen LogP contribution >= 0.6 is 12.4 Å². The molecule has 21 heavy (non-hydrogen) atoms. The number of halogens is 3. The molecule has 3 nitrogen and oxygen atoms in total. The minimum atomic E-state index is -0.989. The van der Waals surface area contributed by atoms with Crippen LogP contribution in [0.4, 0.5) is 8.78 Å². The van der Waals surface area contributed by atoms with Crippen molar-refractivity contribution in [1.29, 1.82) is 0 Å². The van der Waals surface area contributed by atoms with Crippen molar-refractivity contribution in [3.63, 3.8) is 0 Å². The maximum Gasteiger partial charge on any atom is 0.200 e. The fraction of sp³-hybridized carbons (Fsp3) is 0.267. The lowest BCUT2D eigenvalue weighted by Crippen LogP contribution is -2.01. The number of rotatable bonds is 3. The third-order valence-electron chi connectivity index (χ3n) is 3.56. The molecule has 1 aliphatic carbocycles. The second kappa shape index (κ2) is 5.95. The molecule has 1 aromatic carbocycles. The maximum atomic E-state index is 13.5. The van der Waals surface area contributed by atoms with Crippen LogP contribution in [0.3, 0.4) is 0 Å². The third kappa shape index (κ3) is 2.99. The van der Waals surface area contributed by atoms with Crippen LogP contribution in [-0.2, 0) is 0 Å². The molecule has 1 heterocycles. The first kappa shape index (κ1) is 15.7. The lowest BCUT2D eigenvalue weighted by Gasteiger charge is -2.07. The molecular formula is C15H15ClF2N2O. The molecule has 0 radical (unpaired) electrons. The fourth-order valence-corrected chi connectivity index (χ4v) is 2.25. The number of hydrogen-bond acceptors (Lipinski definition) is 3. The van der Waals surface area contributed by atoms with Crippen molar-refractivity contribution in [2.75, 3.05) is 7.11 Å². The van der Waals surface area contributed by atoms with E-state index in [0.29, 0.717) is 17.2 Å². The monoisotopic (exact) mass is 312 g/mol. The van der Waals surface area contributed by atoms with Gasteiger partial charge in [0.05, 0.1) is 12.8 Å². The molecule has 2 atom stereocenters. The summed E-state index contributed by atoms with van der Waals surface area (Å²) in [6.07, 6.45) is 2.71. The molecule has 0 bridgehead atoms. The number of nitrogens with two attached hydrogens (primary N) is 1. The molecule has 0 spiro atoms. The van der Waals surface area contributed by atoms with E-state index >= 15 is 0 Å². The normalized spacial score (nSPS) is 19.8. The molecule has 0 amide bonds. The smallest absolute Gasteiger partial charge is 0.200 e. The second-order valence-corrected chi connectivity index (χ2v) is 4.96. The van der Waals surface area contributed by atoms with E-state index in [-0.39, 0.29) is 24.2 Å². The summed E-state index contributed by atoms with van der Waals surface area (Å²) in [5.74, 6) is -1.70. The zero-order chi connectivity index (χ0) is 14.3. The Balaban J connectivity index is 0.00000161. The predicted molar refractivity (Wildman–Crippen MR) is 78.7 cm³/mol. The molecule has 1 fully saturated rings. The van der Waals surface area contributed by atoms with Crippen LogP contribution in [-0.4, -0.2) is 18.1 Å². The van der Waals surface area contributed by atoms with Crippen LogP contribution in [0.5, 0.6) is 5.75 Å². The van der Waals surface area contributed by atoms with Gasteiger partial charge in [-0.2, -0.15) is 4.39 Å². The summed E-state index contributed by atoms with van der Waals surface area (Å²) in [4.78, 5) is 4.29. The van der Waals surface area contributed by atoms with E-state index in [1.54, 1.807) is 12.3 Å². The van der Waals surface area contributed by atoms with Crippen molar-refractivity contribution in [1.82, 2.24) is 4.98 Å². The Kier molecular flexibility index (Phi) is 4.44. The number of aromatic nitrogens is 1. The van der Waals surface area contributed by atoms with Gasteiger partial charge in [0.1, 0.15) is 0 Å². The summed E-state index contributed by atoms with van der Waals surface area (Å²) >= 11 is 0. The highest BCUT2D eigenvalue weighted by Gasteiger charge is 2.34. The Bertz CT molecular complexity index is 649. The molecule has 1 saturated carbocycles. The Morgan fingerprint density at radius 2 is 2.00 bits per heavy atom. The lowest BCUT2D eigenvalue weighted by molar-refractivity contribution is 0.372. The molecular weight excluding hydrogens is 298 g/mol. The number of ether oxygens (including phenoxy) is 1. The van der Waals surface area contributed by atoms with Crippen molar-refractivity contribution in [3.8, 4) is 17.0 Å². The van der Waals surface area contributed by atoms with Crippen LogP contribution < -0.4 is 10.5 Å². The number of nitrogens with zero attached hydrogens (tertiary/aromatic N) is 1. The maximum absolute atomic E-state index is 13.5. The number of methoxy groups -OCH3 is 1. The minimum Gasteiger partial charge on any atom is -0.494 e. The van der Waals surface area contributed by atoms with Crippen LogP contribution in [0.1, 0.15) is 17.9 Å². The predicted octanol–water partition coefficient (Wildman–Crippen LogP) is 3.27. The fourth-order valence-electron chi connectivity index (χ4n) is 2.25. The summed E-state index contributed by atoms with van der Waals surface area (Å²) in [6, 6.07) is 6.47. The Labute approximate surface area is 127 Å². The highest BCUT2D eigenvalue weighted by molar-refractivity contribution is 5.85. The topological polar surface area (TPSA) is 48.1 Å². The molecule has 2 aromatic rings. The average Bonchev–Trinajstić information content (AvgIpc) is 3.19. The Hall–Kier alpha value is -1.72. The summed E-state index contributed by atoms with van der Waals surface area (Å²) in [7, 11) is 1.30. The molecule has 2 N–H and O–H groups in total.